The van der Waals surface area contributed by atoms with Crippen LogP contribution in [0.1, 0.15) is 23.3 Å². The molecule has 0 aromatic carbocycles. The summed E-state index contributed by atoms with van der Waals surface area (Å²) in [5.41, 5.74) is 0.287. The molecule has 124 valence electrons. The predicted octanol–water partition coefficient (Wildman–Crippen LogP) is -0.937. The van der Waals surface area contributed by atoms with Gasteiger partial charge in [0, 0.05) is 40.8 Å². The summed E-state index contributed by atoms with van der Waals surface area (Å²) in [5.74, 6) is 0.0191. The largest absolute Gasteiger partial charge is 0.350 e. The third-order valence-electron chi connectivity index (χ3n) is 3.75. The van der Waals surface area contributed by atoms with Crippen molar-refractivity contribution in [2.45, 2.75) is 12.8 Å². The van der Waals surface area contributed by atoms with Gasteiger partial charge in [0.2, 0.25) is 0 Å². The summed E-state index contributed by atoms with van der Waals surface area (Å²) in [7, 11) is 1.42. The van der Waals surface area contributed by atoms with Gasteiger partial charge >= 0.3 is 0 Å². The van der Waals surface area contributed by atoms with Crippen LogP contribution in [0.2, 0.25) is 0 Å². The topological polar surface area (TPSA) is 100 Å². The van der Waals surface area contributed by atoms with Crippen LogP contribution in [-0.2, 0) is 17.3 Å². The van der Waals surface area contributed by atoms with Gasteiger partial charge in [-0.2, -0.15) is 17.0 Å². The van der Waals surface area contributed by atoms with E-state index in [0.29, 0.717) is 19.6 Å². The number of rotatable bonds is 5. The smallest absolute Gasteiger partial charge is 0.281 e. The SMILES string of the molecule is CN(C)S(=O)(=O)N1CCC(CNC(=O)c2cn(C)nn2)CC1. The highest BCUT2D eigenvalue weighted by Gasteiger charge is 2.29. The minimum Gasteiger partial charge on any atom is -0.350 e. The molecule has 1 saturated heterocycles. The lowest BCUT2D eigenvalue weighted by atomic mass is 9.98. The minimum atomic E-state index is -3.34. The minimum absolute atomic E-state index is 0.253. The lowest BCUT2D eigenvalue weighted by Crippen LogP contribution is -2.45. The second kappa shape index (κ2) is 6.71. The lowest BCUT2D eigenvalue weighted by Gasteiger charge is -2.32. The monoisotopic (exact) mass is 330 g/mol. The zero-order valence-corrected chi connectivity index (χ0v) is 13.9. The molecule has 0 unspecified atom stereocenters. The second-order valence-electron chi connectivity index (χ2n) is 5.62. The first kappa shape index (κ1) is 16.8. The summed E-state index contributed by atoms with van der Waals surface area (Å²) in [4.78, 5) is 11.9. The number of amides is 1. The van der Waals surface area contributed by atoms with Crippen molar-refractivity contribution in [3.05, 3.63) is 11.9 Å². The van der Waals surface area contributed by atoms with Gasteiger partial charge in [0.1, 0.15) is 0 Å². The van der Waals surface area contributed by atoms with Crippen LogP contribution < -0.4 is 5.32 Å². The third-order valence-corrected chi connectivity index (χ3v) is 5.69. The summed E-state index contributed by atoms with van der Waals surface area (Å²) >= 11 is 0. The maximum Gasteiger partial charge on any atom is 0.281 e. The van der Waals surface area contributed by atoms with Crippen molar-refractivity contribution >= 4 is 16.1 Å². The van der Waals surface area contributed by atoms with E-state index in [4.69, 9.17) is 0 Å². The van der Waals surface area contributed by atoms with Gasteiger partial charge in [-0.15, -0.1) is 5.10 Å². The molecule has 22 heavy (non-hydrogen) atoms. The molecule has 0 radical (unpaired) electrons. The van der Waals surface area contributed by atoms with E-state index >= 15 is 0 Å². The standard InChI is InChI=1S/C12H22N6O3S/c1-16(2)22(20,21)18-6-4-10(5-7-18)8-13-12(19)11-9-17(3)15-14-11/h9-10H,4-8H2,1-3H3,(H,13,19). The average Bonchev–Trinajstić information content (AvgIpc) is 2.91. The lowest BCUT2D eigenvalue weighted by molar-refractivity contribution is 0.0936. The van der Waals surface area contributed by atoms with Gasteiger partial charge in [-0.25, -0.2) is 0 Å². The quantitative estimate of drug-likeness (QED) is 0.751. The summed E-state index contributed by atoms with van der Waals surface area (Å²) < 4.78 is 28.2. The Morgan fingerprint density at radius 2 is 2.05 bits per heavy atom. The Morgan fingerprint density at radius 3 is 2.55 bits per heavy atom. The van der Waals surface area contributed by atoms with Gasteiger partial charge in [-0.05, 0) is 18.8 Å². The zero-order valence-electron chi connectivity index (χ0n) is 13.1. The molecule has 10 heteroatoms. The number of nitrogens with zero attached hydrogens (tertiary/aromatic N) is 5. The van der Waals surface area contributed by atoms with Crippen molar-refractivity contribution < 1.29 is 13.2 Å². The number of carbonyl (C=O) groups excluding carboxylic acids is 1. The van der Waals surface area contributed by atoms with Crippen LogP contribution in [0.4, 0.5) is 0 Å². The van der Waals surface area contributed by atoms with Gasteiger partial charge in [-0.3, -0.25) is 9.48 Å². The molecular formula is C12H22N6O3S. The van der Waals surface area contributed by atoms with E-state index in [2.05, 4.69) is 15.6 Å². The van der Waals surface area contributed by atoms with Crippen molar-refractivity contribution in [1.29, 1.82) is 0 Å². The zero-order chi connectivity index (χ0) is 16.3. The average molecular weight is 330 g/mol. The molecule has 9 nitrogen and oxygen atoms in total. The molecule has 0 aliphatic carbocycles. The molecular weight excluding hydrogens is 308 g/mol. The Morgan fingerprint density at radius 1 is 1.41 bits per heavy atom. The van der Waals surface area contributed by atoms with E-state index in [1.807, 2.05) is 0 Å². The molecule has 1 amide bonds. The highest BCUT2D eigenvalue weighted by atomic mass is 32.2. The molecule has 1 aromatic heterocycles. The number of carbonyl (C=O) groups is 1. The number of hydrogen-bond acceptors (Lipinski definition) is 5. The fourth-order valence-corrected chi connectivity index (χ4v) is 3.49. The van der Waals surface area contributed by atoms with Crippen molar-refractivity contribution in [2.24, 2.45) is 13.0 Å². The van der Waals surface area contributed by atoms with E-state index in [1.165, 1.54) is 27.4 Å². The Kier molecular flexibility index (Phi) is 5.14. The predicted molar refractivity (Wildman–Crippen MR) is 80.2 cm³/mol. The van der Waals surface area contributed by atoms with Gasteiger partial charge in [-0.1, -0.05) is 5.21 Å². The molecule has 1 fully saturated rings. The highest BCUT2D eigenvalue weighted by molar-refractivity contribution is 7.86. The van der Waals surface area contributed by atoms with E-state index in [9.17, 15) is 13.2 Å². The van der Waals surface area contributed by atoms with Crippen LogP contribution in [0.15, 0.2) is 6.20 Å². The number of piperidine rings is 1. The molecule has 1 aliphatic heterocycles. The van der Waals surface area contributed by atoms with Crippen LogP contribution >= 0.6 is 0 Å². The van der Waals surface area contributed by atoms with Crippen molar-refractivity contribution in [3.8, 4) is 0 Å². The maximum absolute atomic E-state index is 12.0. The summed E-state index contributed by atoms with van der Waals surface area (Å²) in [6.45, 7) is 1.48. The fourth-order valence-electron chi connectivity index (χ4n) is 2.35. The van der Waals surface area contributed by atoms with Gasteiger partial charge < -0.3 is 5.32 Å². The number of aromatic nitrogens is 3. The Bertz CT molecular complexity index is 619. The molecule has 0 spiro atoms. The molecule has 0 bridgehead atoms. The molecule has 0 saturated carbocycles. The molecule has 2 rings (SSSR count). The van der Waals surface area contributed by atoms with Gasteiger partial charge in [0.15, 0.2) is 5.69 Å². The molecule has 0 atom stereocenters. The number of hydrogen-bond donors (Lipinski definition) is 1. The second-order valence-corrected chi connectivity index (χ2v) is 7.76. The summed E-state index contributed by atoms with van der Waals surface area (Å²) in [5, 5.41) is 10.3. The number of nitrogens with one attached hydrogen (secondary N) is 1. The van der Waals surface area contributed by atoms with Crippen LogP contribution in [0.5, 0.6) is 0 Å². The molecule has 1 N–H and O–H groups in total. The molecule has 2 heterocycles. The first-order valence-corrected chi connectivity index (χ1v) is 8.52. The third kappa shape index (κ3) is 3.81. The van der Waals surface area contributed by atoms with Crippen LogP contribution in [-0.4, -0.2) is 71.7 Å². The first-order valence-electron chi connectivity index (χ1n) is 7.13. The van der Waals surface area contributed by atoms with Crippen molar-refractivity contribution in [3.63, 3.8) is 0 Å². The van der Waals surface area contributed by atoms with Crippen LogP contribution in [0, 0.1) is 5.92 Å². The first-order chi connectivity index (χ1) is 10.3. The van der Waals surface area contributed by atoms with Gasteiger partial charge in [0.05, 0.1) is 6.20 Å². The number of aryl methyl sites for hydroxylation is 1. The van der Waals surface area contributed by atoms with Crippen molar-refractivity contribution in [2.75, 3.05) is 33.7 Å². The van der Waals surface area contributed by atoms with Crippen LogP contribution in [0.3, 0.4) is 0 Å². The van der Waals surface area contributed by atoms with E-state index in [0.717, 1.165) is 12.8 Å². The highest BCUT2D eigenvalue weighted by Crippen LogP contribution is 2.19. The van der Waals surface area contributed by atoms with Crippen molar-refractivity contribution in [1.82, 2.24) is 28.9 Å². The Balaban J connectivity index is 1.80. The van der Waals surface area contributed by atoms with Gasteiger partial charge in [0.25, 0.3) is 16.1 Å². The maximum atomic E-state index is 12.0. The van der Waals surface area contributed by atoms with Crippen LogP contribution in [0.25, 0.3) is 0 Å². The normalized spacial score (nSPS) is 17.8. The van der Waals surface area contributed by atoms with E-state index < -0.39 is 10.2 Å². The van der Waals surface area contributed by atoms with E-state index in [1.54, 1.807) is 13.2 Å². The summed E-state index contributed by atoms with van der Waals surface area (Å²) in [6, 6.07) is 0. The van der Waals surface area contributed by atoms with E-state index in [-0.39, 0.29) is 17.5 Å². The molecule has 1 aliphatic rings. The molecule has 1 aromatic rings. The summed E-state index contributed by atoms with van der Waals surface area (Å²) in [6.07, 6.45) is 3.02. The fraction of sp³-hybridized carbons (Fsp3) is 0.750. The Labute approximate surface area is 130 Å². The Hall–Kier alpha value is -1.52.